The highest BCUT2D eigenvalue weighted by Crippen LogP contribution is 2.39. The van der Waals surface area contributed by atoms with Gasteiger partial charge in [0.2, 0.25) is 0 Å². The van der Waals surface area contributed by atoms with Crippen molar-refractivity contribution in [3.63, 3.8) is 0 Å². The van der Waals surface area contributed by atoms with Crippen LogP contribution in [-0.2, 0) is 9.53 Å². The zero-order valence-electron chi connectivity index (χ0n) is 12.4. The van der Waals surface area contributed by atoms with Crippen molar-refractivity contribution in [2.24, 2.45) is 0 Å². The summed E-state index contributed by atoms with van der Waals surface area (Å²) in [5.74, 6) is -0.528. The molecule has 1 aliphatic carbocycles. The van der Waals surface area contributed by atoms with Crippen LogP contribution in [0.2, 0.25) is 0 Å². The fourth-order valence-electron chi connectivity index (χ4n) is 2.78. The van der Waals surface area contributed by atoms with Gasteiger partial charge in [-0.3, -0.25) is 4.79 Å². The van der Waals surface area contributed by atoms with E-state index < -0.39 is 0 Å². The Kier molecular flexibility index (Phi) is 4.05. The maximum atomic E-state index is 13.2. The minimum Gasteiger partial charge on any atom is -0.458 e. The molecule has 3 heteroatoms. The molecular formula is C19H17FO2. The van der Waals surface area contributed by atoms with Gasteiger partial charge in [0.05, 0.1) is 0 Å². The second kappa shape index (κ2) is 6.14. The van der Waals surface area contributed by atoms with Crippen LogP contribution < -0.4 is 0 Å². The Morgan fingerprint density at radius 1 is 1.05 bits per heavy atom. The van der Waals surface area contributed by atoms with Crippen LogP contribution in [-0.4, -0.2) is 12.1 Å². The third-order valence-electron chi connectivity index (χ3n) is 3.89. The number of hydrogen-bond acceptors (Lipinski definition) is 2. The Morgan fingerprint density at radius 2 is 1.68 bits per heavy atom. The number of halogens is 1. The topological polar surface area (TPSA) is 26.3 Å². The van der Waals surface area contributed by atoms with Gasteiger partial charge in [0.15, 0.2) is 0 Å². The molecule has 0 heterocycles. The predicted octanol–water partition coefficient (Wildman–Crippen LogP) is 4.35. The maximum Gasteiger partial charge on any atom is 0.303 e. The summed E-state index contributed by atoms with van der Waals surface area (Å²) in [4.78, 5) is 11.2. The molecule has 1 fully saturated rings. The summed E-state index contributed by atoms with van der Waals surface area (Å²) in [5.41, 5.74) is 4.14. The first-order valence-corrected chi connectivity index (χ1v) is 7.37. The molecule has 0 spiro atoms. The average Bonchev–Trinajstić information content (AvgIpc) is 2.51. The average molecular weight is 296 g/mol. The molecule has 0 aromatic heterocycles. The molecule has 2 aromatic carbocycles. The SMILES string of the molecule is CC(=O)OC1CC/C1=C(/c1ccccc1)c1ccc(F)cc1. The van der Waals surface area contributed by atoms with Crippen molar-refractivity contribution < 1.29 is 13.9 Å². The Morgan fingerprint density at radius 3 is 2.23 bits per heavy atom. The molecule has 0 N–H and O–H groups in total. The van der Waals surface area contributed by atoms with Gasteiger partial charge in [0, 0.05) is 6.92 Å². The van der Waals surface area contributed by atoms with Crippen molar-refractivity contribution >= 4 is 11.5 Å². The lowest BCUT2D eigenvalue weighted by atomic mass is 9.80. The van der Waals surface area contributed by atoms with Crippen molar-refractivity contribution in [2.45, 2.75) is 25.9 Å². The normalized spacial score (nSPS) is 19.3. The van der Waals surface area contributed by atoms with Crippen LogP contribution in [0.5, 0.6) is 0 Å². The highest BCUT2D eigenvalue weighted by atomic mass is 19.1. The first-order chi connectivity index (χ1) is 10.6. The predicted molar refractivity (Wildman–Crippen MR) is 83.7 cm³/mol. The Balaban J connectivity index is 2.08. The highest BCUT2D eigenvalue weighted by molar-refractivity contribution is 5.83. The number of hydrogen-bond donors (Lipinski definition) is 0. The maximum absolute atomic E-state index is 13.2. The van der Waals surface area contributed by atoms with Crippen molar-refractivity contribution in [3.05, 3.63) is 77.1 Å². The van der Waals surface area contributed by atoms with Crippen LogP contribution in [0.1, 0.15) is 30.9 Å². The lowest BCUT2D eigenvalue weighted by Crippen LogP contribution is -2.28. The van der Waals surface area contributed by atoms with E-state index in [9.17, 15) is 9.18 Å². The van der Waals surface area contributed by atoms with Gasteiger partial charge in [-0.05, 0) is 47.2 Å². The van der Waals surface area contributed by atoms with E-state index in [0.29, 0.717) is 0 Å². The standard InChI is InChI=1S/C19H17FO2/c1-13(21)22-18-12-11-17(18)19(14-5-3-2-4-6-14)15-7-9-16(20)10-8-15/h2-10,18H,11-12H2,1H3/b19-17+. The summed E-state index contributed by atoms with van der Waals surface area (Å²) in [6.45, 7) is 1.43. The summed E-state index contributed by atoms with van der Waals surface area (Å²) in [6.07, 6.45) is 1.56. The van der Waals surface area contributed by atoms with Crippen molar-refractivity contribution in [2.75, 3.05) is 0 Å². The van der Waals surface area contributed by atoms with Gasteiger partial charge < -0.3 is 4.74 Å². The molecule has 1 unspecified atom stereocenters. The molecular weight excluding hydrogens is 279 g/mol. The molecule has 1 aliphatic rings. The molecule has 0 bridgehead atoms. The second-order valence-corrected chi connectivity index (χ2v) is 5.41. The molecule has 3 rings (SSSR count). The van der Waals surface area contributed by atoms with E-state index in [1.165, 1.54) is 19.1 Å². The summed E-state index contributed by atoms with van der Waals surface area (Å²) < 4.78 is 18.6. The van der Waals surface area contributed by atoms with Crippen LogP contribution in [0.15, 0.2) is 60.2 Å². The van der Waals surface area contributed by atoms with E-state index in [2.05, 4.69) is 0 Å². The van der Waals surface area contributed by atoms with Crippen LogP contribution in [0.25, 0.3) is 5.57 Å². The fraction of sp³-hybridized carbons (Fsp3) is 0.211. The van der Waals surface area contributed by atoms with Gasteiger partial charge in [-0.25, -0.2) is 4.39 Å². The van der Waals surface area contributed by atoms with E-state index in [4.69, 9.17) is 4.74 Å². The Labute approximate surface area is 129 Å². The first kappa shape index (κ1) is 14.5. The zero-order chi connectivity index (χ0) is 15.5. The zero-order valence-corrected chi connectivity index (χ0v) is 12.4. The van der Waals surface area contributed by atoms with Crippen molar-refractivity contribution in [1.29, 1.82) is 0 Å². The van der Waals surface area contributed by atoms with Crippen LogP contribution >= 0.6 is 0 Å². The monoisotopic (exact) mass is 296 g/mol. The molecule has 0 aliphatic heterocycles. The molecule has 1 saturated carbocycles. The van der Waals surface area contributed by atoms with Crippen LogP contribution in [0.3, 0.4) is 0 Å². The Bertz CT molecular complexity index is 702. The highest BCUT2D eigenvalue weighted by Gasteiger charge is 2.31. The minimum atomic E-state index is -0.270. The van der Waals surface area contributed by atoms with E-state index >= 15 is 0 Å². The number of benzene rings is 2. The largest absolute Gasteiger partial charge is 0.458 e. The van der Waals surface area contributed by atoms with Crippen LogP contribution in [0, 0.1) is 5.82 Å². The Hall–Kier alpha value is -2.42. The third-order valence-corrected chi connectivity index (χ3v) is 3.89. The van der Waals surface area contributed by atoms with E-state index in [1.807, 2.05) is 30.3 Å². The molecule has 0 saturated heterocycles. The van der Waals surface area contributed by atoms with Crippen molar-refractivity contribution in [1.82, 2.24) is 0 Å². The molecule has 112 valence electrons. The second-order valence-electron chi connectivity index (χ2n) is 5.41. The molecule has 0 radical (unpaired) electrons. The molecule has 1 atom stereocenters. The van der Waals surface area contributed by atoms with Gasteiger partial charge in [-0.15, -0.1) is 0 Å². The van der Waals surface area contributed by atoms with Gasteiger partial charge in [0.1, 0.15) is 11.9 Å². The summed E-state index contributed by atoms with van der Waals surface area (Å²) >= 11 is 0. The lowest BCUT2D eigenvalue weighted by Gasteiger charge is -2.32. The fourth-order valence-corrected chi connectivity index (χ4v) is 2.78. The molecule has 2 aromatic rings. The van der Waals surface area contributed by atoms with Gasteiger partial charge >= 0.3 is 5.97 Å². The van der Waals surface area contributed by atoms with Gasteiger partial charge in [-0.1, -0.05) is 42.5 Å². The first-order valence-electron chi connectivity index (χ1n) is 7.37. The number of carbonyl (C=O) groups excluding carboxylic acids is 1. The quantitative estimate of drug-likeness (QED) is 0.787. The van der Waals surface area contributed by atoms with Crippen LogP contribution in [0.4, 0.5) is 4.39 Å². The van der Waals surface area contributed by atoms with E-state index in [-0.39, 0.29) is 17.9 Å². The summed E-state index contributed by atoms with van der Waals surface area (Å²) in [6, 6.07) is 16.4. The molecule has 0 amide bonds. The van der Waals surface area contributed by atoms with Gasteiger partial charge in [0.25, 0.3) is 0 Å². The molecule has 2 nitrogen and oxygen atoms in total. The lowest BCUT2D eigenvalue weighted by molar-refractivity contribution is -0.146. The van der Waals surface area contributed by atoms with E-state index in [1.54, 1.807) is 12.1 Å². The number of rotatable bonds is 3. The number of esters is 1. The number of carbonyl (C=O) groups is 1. The summed E-state index contributed by atoms with van der Waals surface area (Å²) in [7, 11) is 0. The summed E-state index contributed by atoms with van der Waals surface area (Å²) in [5, 5.41) is 0. The smallest absolute Gasteiger partial charge is 0.303 e. The van der Waals surface area contributed by atoms with E-state index in [0.717, 1.165) is 35.1 Å². The third kappa shape index (κ3) is 2.93. The molecule has 22 heavy (non-hydrogen) atoms. The van der Waals surface area contributed by atoms with Crippen molar-refractivity contribution in [3.8, 4) is 0 Å². The van der Waals surface area contributed by atoms with Gasteiger partial charge in [-0.2, -0.15) is 0 Å². The number of ether oxygens (including phenoxy) is 1. The minimum absolute atomic E-state index is 0.169.